The predicted octanol–water partition coefficient (Wildman–Crippen LogP) is 3.85. The van der Waals surface area contributed by atoms with Crippen molar-refractivity contribution >= 4 is 28.3 Å². The molecule has 0 bridgehead atoms. The quantitative estimate of drug-likeness (QED) is 0.720. The van der Waals surface area contributed by atoms with Gasteiger partial charge >= 0.3 is 5.69 Å². The summed E-state index contributed by atoms with van der Waals surface area (Å²) >= 11 is 6.38. The fourth-order valence-electron chi connectivity index (χ4n) is 3.72. The Balaban J connectivity index is 1.74. The molecule has 3 aromatic rings. The third-order valence-electron chi connectivity index (χ3n) is 5.62. The number of para-hydroxylation sites is 1. The average molecular weight is 382 g/mol. The van der Waals surface area contributed by atoms with Crippen molar-refractivity contribution in [2.24, 2.45) is 0 Å². The Morgan fingerprint density at radius 2 is 1.93 bits per heavy atom. The lowest BCUT2D eigenvalue weighted by atomic mass is 9.89. The largest absolute Gasteiger partial charge is 0.391 e. The summed E-state index contributed by atoms with van der Waals surface area (Å²) in [5.74, 6) is 1.10. The van der Waals surface area contributed by atoms with Crippen molar-refractivity contribution in [2.75, 3.05) is 5.32 Å². The highest BCUT2D eigenvalue weighted by molar-refractivity contribution is 6.32. The van der Waals surface area contributed by atoms with Gasteiger partial charge in [-0.1, -0.05) is 29.8 Å². The number of benzene rings is 2. The lowest BCUT2D eigenvalue weighted by Gasteiger charge is -2.33. The van der Waals surface area contributed by atoms with Crippen LogP contribution >= 0.6 is 11.6 Å². The number of aliphatic hydroxyl groups excluding tert-OH is 1. The van der Waals surface area contributed by atoms with Crippen LogP contribution in [0, 0.1) is 0 Å². The number of rotatable bonds is 4. The molecule has 5 rings (SSSR count). The molecule has 6 heteroatoms. The summed E-state index contributed by atoms with van der Waals surface area (Å²) in [4.78, 5) is 17.3. The molecule has 2 N–H and O–H groups in total. The highest BCUT2D eigenvalue weighted by atomic mass is 35.5. The molecular formula is C21H20ClN3O2. The normalized spacial score (nSPS) is 21.9. The smallest absolute Gasteiger partial charge is 0.354 e. The van der Waals surface area contributed by atoms with Crippen molar-refractivity contribution in [3.8, 4) is 5.69 Å². The second-order valence-electron chi connectivity index (χ2n) is 7.48. The molecule has 0 radical (unpaired) electrons. The second-order valence-corrected chi connectivity index (χ2v) is 7.88. The molecular weight excluding hydrogens is 362 g/mol. The van der Waals surface area contributed by atoms with E-state index in [-0.39, 0.29) is 11.7 Å². The van der Waals surface area contributed by atoms with E-state index in [0.29, 0.717) is 22.4 Å². The highest BCUT2D eigenvalue weighted by Crippen LogP contribution is 2.41. The van der Waals surface area contributed by atoms with Crippen LogP contribution in [0.15, 0.2) is 47.3 Å². The van der Waals surface area contributed by atoms with E-state index in [1.165, 1.54) is 18.4 Å². The molecule has 2 aromatic carbocycles. The Bertz CT molecular complexity index is 1090. The van der Waals surface area contributed by atoms with Crippen molar-refractivity contribution < 1.29 is 5.11 Å². The molecule has 1 heterocycles. The summed E-state index contributed by atoms with van der Waals surface area (Å²) in [6, 6.07) is 13.5. The maximum Gasteiger partial charge on any atom is 0.354 e. The van der Waals surface area contributed by atoms with Crippen LogP contribution < -0.4 is 11.0 Å². The van der Waals surface area contributed by atoms with E-state index in [0.717, 1.165) is 23.7 Å². The lowest BCUT2D eigenvalue weighted by Crippen LogP contribution is -2.43. The number of hydrogen-bond donors (Lipinski definition) is 2. The number of halogens is 1. The van der Waals surface area contributed by atoms with Gasteiger partial charge in [-0.3, -0.25) is 4.57 Å². The van der Waals surface area contributed by atoms with Crippen LogP contribution in [0.5, 0.6) is 0 Å². The van der Waals surface area contributed by atoms with Crippen molar-refractivity contribution in [3.05, 3.63) is 63.5 Å². The topological polar surface area (TPSA) is 67.2 Å². The summed E-state index contributed by atoms with van der Waals surface area (Å²) in [5.41, 5.74) is 2.29. The van der Waals surface area contributed by atoms with Crippen molar-refractivity contribution in [3.63, 3.8) is 0 Å². The number of anilines is 1. The molecule has 2 aliphatic rings. The number of aliphatic hydroxyl groups is 1. The van der Waals surface area contributed by atoms with Gasteiger partial charge in [0.1, 0.15) is 5.82 Å². The van der Waals surface area contributed by atoms with Crippen LogP contribution in [-0.4, -0.2) is 26.8 Å². The van der Waals surface area contributed by atoms with Crippen LogP contribution in [0.25, 0.3) is 16.6 Å². The van der Waals surface area contributed by atoms with Gasteiger partial charge in [-0.05, 0) is 61.4 Å². The first kappa shape index (κ1) is 16.8. The third-order valence-corrected chi connectivity index (χ3v) is 5.94. The molecule has 0 spiro atoms. The van der Waals surface area contributed by atoms with E-state index in [1.807, 2.05) is 24.3 Å². The van der Waals surface area contributed by atoms with Crippen LogP contribution in [-0.2, 0) is 0 Å². The van der Waals surface area contributed by atoms with E-state index >= 15 is 0 Å². The Morgan fingerprint density at radius 1 is 1.11 bits per heavy atom. The maximum atomic E-state index is 13.0. The summed E-state index contributed by atoms with van der Waals surface area (Å²) in [6.45, 7) is 0. The highest BCUT2D eigenvalue weighted by Gasteiger charge is 2.30. The number of nitrogens with one attached hydrogen (secondary N) is 1. The minimum absolute atomic E-state index is 0.0561. The maximum absolute atomic E-state index is 13.0. The summed E-state index contributed by atoms with van der Waals surface area (Å²) in [5, 5.41) is 14.5. The first-order chi connectivity index (χ1) is 13.1. The zero-order valence-corrected chi connectivity index (χ0v) is 15.5. The molecule has 138 valence electrons. The fourth-order valence-corrected chi connectivity index (χ4v) is 3.94. The van der Waals surface area contributed by atoms with Crippen LogP contribution in [0.4, 0.5) is 5.82 Å². The Kier molecular flexibility index (Phi) is 3.95. The first-order valence-corrected chi connectivity index (χ1v) is 9.76. The Labute approximate surface area is 161 Å². The summed E-state index contributed by atoms with van der Waals surface area (Å²) < 4.78 is 1.59. The zero-order valence-electron chi connectivity index (χ0n) is 14.7. The monoisotopic (exact) mass is 381 g/mol. The fraction of sp³-hybridized carbons (Fsp3) is 0.333. The molecule has 0 saturated heterocycles. The SMILES string of the molecule is O=c1nc(NC2CCC2O)c2ccc(C3CC3)cc2n1-c1ccccc1Cl. The molecule has 2 aliphatic carbocycles. The zero-order chi connectivity index (χ0) is 18.5. The van der Waals surface area contributed by atoms with Gasteiger partial charge in [0.15, 0.2) is 0 Å². The Morgan fingerprint density at radius 3 is 2.59 bits per heavy atom. The van der Waals surface area contributed by atoms with E-state index < -0.39 is 6.10 Å². The number of hydrogen-bond acceptors (Lipinski definition) is 4. The molecule has 0 amide bonds. The number of fused-ring (bicyclic) bond motifs is 1. The van der Waals surface area contributed by atoms with Crippen LogP contribution in [0.1, 0.15) is 37.2 Å². The molecule has 5 nitrogen and oxygen atoms in total. The van der Waals surface area contributed by atoms with Gasteiger partial charge in [-0.15, -0.1) is 0 Å². The van der Waals surface area contributed by atoms with Gasteiger partial charge < -0.3 is 10.4 Å². The second kappa shape index (κ2) is 6.36. The summed E-state index contributed by atoms with van der Waals surface area (Å²) in [7, 11) is 0. The lowest BCUT2D eigenvalue weighted by molar-refractivity contribution is 0.0785. The van der Waals surface area contributed by atoms with Crippen LogP contribution in [0.3, 0.4) is 0 Å². The van der Waals surface area contributed by atoms with E-state index in [1.54, 1.807) is 10.6 Å². The van der Waals surface area contributed by atoms with E-state index in [9.17, 15) is 9.90 Å². The van der Waals surface area contributed by atoms with Crippen molar-refractivity contribution in [1.29, 1.82) is 0 Å². The van der Waals surface area contributed by atoms with Crippen molar-refractivity contribution in [2.45, 2.75) is 43.7 Å². The molecule has 0 aliphatic heterocycles. The molecule has 1 aromatic heterocycles. The number of aromatic nitrogens is 2. The third kappa shape index (κ3) is 2.91. The minimum atomic E-state index is -0.390. The predicted molar refractivity (Wildman–Crippen MR) is 107 cm³/mol. The molecule has 2 atom stereocenters. The number of nitrogens with zero attached hydrogens (tertiary/aromatic N) is 2. The average Bonchev–Trinajstić information content (AvgIpc) is 3.50. The minimum Gasteiger partial charge on any atom is -0.391 e. The molecule has 2 unspecified atom stereocenters. The van der Waals surface area contributed by atoms with E-state index in [4.69, 9.17) is 11.6 Å². The van der Waals surface area contributed by atoms with Gasteiger partial charge in [0.25, 0.3) is 0 Å². The standard InChI is InChI=1S/C21H20ClN3O2/c22-15-3-1-2-4-17(15)25-18-11-13(12-5-6-12)7-8-14(18)20(24-21(25)27)23-16-9-10-19(16)26/h1-4,7-8,11-12,16,19,26H,5-6,9-10H2,(H,23,24,27). The van der Waals surface area contributed by atoms with Gasteiger partial charge in [-0.2, -0.15) is 4.98 Å². The van der Waals surface area contributed by atoms with E-state index in [2.05, 4.69) is 22.4 Å². The molecule has 27 heavy (non-hydrogen) atoms. The van der Waals surface area contributed by atoms with Gasteiger partial charge in [-0.25, -0.2) is 4.79 Å². The van der Waals surface area contributed by atoms with Gasteiger partial charge in [0, 0.05) is 5.39 Å². The van der Waals surface area contributed by atoms with Crippen molar-refractivity contribution in [1.82, 2.24) is 9.55 Å². The van der Waals surface area contributed by atoms with Gasteiger partial charge in [0.2, 0.25) is 0 Å². The van der Waals surface area contributed by atoms with Gasteiger partial charge in [0.05, 0.1) is 28.4 Å². The molecule has 2 saturated carbocycles. The van der Waals surface area contributed by atoms with Crippen LogP contribution in [0.2, 0.25) is 5.02 Å². The first-order valence-electron chi connectivity index (χ1n) is 9.38. The molecule has 2 fully saturated rings. The Hall–Kier alpha value is -2.37. The summed E-state index contributed by atoms with van der Waals surface area (Å²) in [6.07, 6.45) is 3.63.